The molecule has 0 radical (unpaired) electrons. The lowest BCUT2D eigenvalue weighted by Gasteiger charge is -2.17. The van der Waals surface area contributed by atoms with Gasteiger partial charge in [0.25, 0.3) is 0 Å². The van der Waals surface area contributed by atoms with Crippen LogP contribution >= 0.6 is 0 Å². The largest absolute Gasteiger partial charge is 0.234 e. The number of sulfonamides is 1. The van der Waals surface area contributed by atoms with E-state index in [1.54, 1.807) is 18.5 Å². The monoisotopic (exact) mass is 368 g/mol. The fraction of sp³-hybridized carbons (Fsp3) is 0.158. The van der Waals surface area contributed by atoms with E-state index >= 15 is 0 Å². The summed E-state index contributed by atoms with van der Waals surface area (Å²) < 4.78 is 27.8. The number of aryl methyl sites for hydroxylation is 1. The lowest BCUT2D eigenvalue weighted by Crippen LogP contribution is -2.30. The van der Waals surface area contributed by atoms with E-state index in [1.165, 1.54) is 10.2 Å². The van der Waals surface area contributed by atoms with Gasteiger partial charge in [0.15, 0.2) is 0 Å². The van der Waals surface area contributed by atoms with Crippen LogP contribution < -0.4 is 4.72 Å². The van der Waals surface area contributed by atoms with Crippen molar-refractivity contribution in [3.63, 3.8) is 0 Å². The van der Waals surface area contributed by atoms with Gasteiger partial charge in [-0.2, -0.15) is 15.0 Å². The van der Waals surface area contributed by atoms with Crippen molar-refractivity contribution in [1.82, 2.24) is 19.7 Å². The highest BCUT2D eigenvalue weighted by molar-refractivity contribution is 7.92. The van der Waals surface area contributed by atoms with E-state index in [2.05, 4.69) is 14.9 Å². The Bertz CT molecular complexity index is 951. The van der Waals surface area contributed by atoms with E-state index in [0.29, 0.717) is 6.54 Å². The zero-order valence-electron chi connectivity index (χ0n) is 14.4. The summed E-state index contributed by atoms with van der Waals surface area (Å²) >= 11 is 0. The number of rotatable bonds is 7. The maximum atomic E-state index is 12.5. The number of aromatic nitrogens is 3. The van der Waals surface area contributed by atoms with Gasteiger partial charge in [0.2, 0.25) is 10.0 Å². The van der Waals surface area contributed by atoms with Crippen LogP contribution in [-0.4, -0.2) is 23.4 Å². The first kappa shape index (κ1) is 18.0. The molecule has 1 N–H and O–H groups in total. The molecular weight excluding hydrogens is 348 g/mol. The molecule has 0 saturated carbocycles. The summed E-state index contributed by atoms with van der Waals surface area (Å²) in [4.78, 5) is 1.46. The average molecular weight is 368 g/mol. The van der Waals surface area contributed by atoms with Gasteiger partial charge in [-0.25, -0.2) is 13.1 Å². The minimum Gasteiger partial charge on any atom is -0.208 e. The molecule has 0 spiro atoms. The van der Waals surface area contributed by atoms with Crippen LogP contribution in [0.25, 0.3) is 6.08 Å². The molecule has 2 aromatic carbocycles. The highest BCUT2D eigenvalue weighted by Crippen LogP contribution is 2.16. The van der Waals surface area contributed by atoms with Crippen molar-refractivity contribution in [3.8, 4) is 0 Å². The van der Waals surface area contributed by atoms with Crippen LogP contribution in [0.1, 0.15) is 22.7 Å². The Kier molecular flexibility index (Phi) is 5.60. The molecule has 3 aromatic rings. The minimum absolute atomic E-state index is 0.300. The molecule has 0 amide bonds. The molecule has 0 aliphatic carbocycles. The molecule has 0 bridgehead atoms. The Morgan fingerprint density at radius 2 is 1.69 bits per heavy atom. The molecule has 134 valence electrons. The topological polar surface area (TPSA) is 76.9 Å². The molecule has 3 rings (SSSR count). The van der Waals surface area contributed by atoms with Crippen molar-refractivity contribution in [2.45, 2.75) is 19.5 Å². The maximum absolute atomic E-state index is 12.5. The second kappa shape index (κ2) is 8.07. The van der Waals surface area contributed by atoms with Crippen LogP contribution in [0.15, 0.2) is 72.4 Å². The zero-order chi connectivity index (χ0) is 18.4. The molecule has 6 nitrogen and oxygen atoms in total. The van der Waals surface area contributed by atoms with Crippen LogP contribution in [0.3, 0.4) is 0 Å². The highest BCUT2D eigenvalue weighted by Gasteiger charge is 2.18. The first-order chi connectivity index (χ1) is 12.5. The van der Waals surface area contributed by atoms with Gasteiger partial charge in [-0.3, -0.25) is 0 Å². The van der Waals surface area contributed by atoms with Gasteiger partial charge in [-0.15, -0.1) is 0 Å². The summed E-state index contributed by atoms with van der Waals surface area (Å²) in [6, 6.07) is 16.5. The van der Waals surface area contributed by atoms with Gasteiger partial charge in [-0.1, -0.05) is 60.2 Å². The molecule has 26 heavy (non-hydrogen) atoms. The first-order valence-corrected chi connectivity index (χ1v) is 9.73. The number of nitrogens with one attached hydrogen (secondary N) is 1. The van der Waals surface area contributed by atoms with E-state index in [1.807, 2.05) is 61.5 Å². The van der Waals surface area contributed by atoms with Gasteiger partial charge < -0.3 is 0 Å². The molecule has 1 unspecified atom stereocenters. The van der Waals surface area contributed by atoms with Crippen molar-refractivity contribution < 1.29 is 8.42 Å². The Morgan fingerprint density at radius 3 is 2.35 bits per heavy atom. The smallest absolute Gasteiger partial charge is 0.208 e. The van der Waals surface area contributed by atoms with Gasteiger partial charge in [0, 0.05) is 5.41 Å². The van der Waals surface area contributed by atoms with Crippen molar-refractivity contribution in [1.29, 1.82) is 0 Å². The molecule has 0 fully saturated rings. The molecule has 1 atom stereocenters. The van der Waals surface area contributed by atoms with Gasteiger partial charge in [-0.05, 0) is 24.1 Å². The normalized spacial score (nSPS) is 13.1. The quantitative estimate of drug-likeness (QED) is 0.696. The molecule has 1 heterocycles. The summed E-state index contributed by atoms with van der Waals surface area (Å²) in [6.07, 6.45) is 4.71. The molecular formula is C19H20N4O2S. The molecule has 7 heteroatoms. The molecule has 0 saturated heterocycles. The fourth-order valence-corrected chi connectivity index (χ4v) is 3.50. The van der Waals surface area contributed by atoms with Crippen molar-refractivity contribution in [2.75, 3.05) is 0 Å². The average Bonchev–Trinajstić information content (AvgIpc) is 3.14. The summed E-state index contributed by atoms with van der Waals surface area (Å²) in [5.74, 6) is 0. The lowest BCUT2D eigenvalue weighted by molar-refractivity contribution is 0.446. The standard InChI is InChI=1S/C19H20N4O2S/c1-16-7-9-17(10-8-16)11-14-26(24,25)22-19(15-23-20-12-13-21-23)18-5-3-2-4-6-18/h2-14,19,22H,15H2,1H3/b14-11+. The summed E-state index contributed by atoms with van der Waals surface area (Å²) in [5.41, 5.74) is 2.79. The second-order valence-electron chi connectivity index (χ2n) is 5.92. The van der Waals surface area contributed by atoms with Gasteiger partial charge in [0.05, 0.1) is 25.0 Å². The number of hydrogen-bond donors (Lipinski definition) is 1. The minimum atomic E-state index is -3.64. The predicted octanol–water partition coefficient (Wildman–Crippen LogP) is 2.92. The van der Waals surface area contributed by atoms with Crippen LogP contribution in [0.4, 0.5) is 0 Å². The number of nitrogens with zero attached hydrogens (tertiary/aromatic N) is 3. The van der Waals surface area contributed by atoms with Gasteiger partial charge in [0.1, 0.15) is 0 Å². The Hall–Kier alpha value is -2.77. The van der Waals surface area contributed by atoms with E-state index < -0.39 is 16.1 Å². The van der Waals surface area contributed by atoms with E-state index in [-0.39, 0.29) is 0 Å². The summed E-state index contributed by atoms with van der Waals surface area (Å²) in [5, 5.41) is 9.32. The van der Waals surface area contributed by atoms with Crippen molar-refractivity contribution >= 4 is 16.1 Å². The lowest BCUT2D eigenvalue weighted by atomic mass is 10.1. The van der Waals surface area contributed by atoms with Crippen molar-refractivity contribution in [2.24, 2.45) is 0 Å². The maximum Gasteiger partial charge on any atom is 0.234 e. The third-order valence-electron chi connectivity index (χ3n) is 3.84. The third kappa shape index (κ3) is 5.11. The van der Waals surface area contributed by atoms with E-state index in [9.17, 15) is 8.42 Å². The summed E-state index contributed by atoms with van der Waals surface area (Å²) in [6.45, 7) is 2.29. The molecule has 1 aromatic heterocycles. The van der Waals surface area contributed by atoms with E-state index in [4.69, 9.17) is 0 Å². The van der Waals surface area contributed by atoms with Crippen LogP contribution in [0.2, 0.25) is 0 Å². The highest BCUT2D eigenvalue weighted by atomic mass is 32.2. The third-order valence-corrected chi connectivity index (χ3v) is 4.95. The van der Waals surface area contributed by atoms with Gasteiger partial charge >= 0.3 is 0 Å². The first-order valence-electron chi connectivity index (χ1n) is 8.18. The molecule has 0 aliphatic heterocycles. The predicted molar refractivity (Wildman–Crippen MR) is 101 cm³/mol. The van der Waals surface area contributed by atoms with E-state index in [0.717, 1.165) is 16.7 Å². The SMILES string of the molecule is Cc1ccc(/C=C/S(=O)(=O)NC(Cn2nccn2)c2ccccc2)cc1. The second-order valence-corrected chi connectivity index (χ2v) is 7.52. The van der Waals surface area contributed by atoms with Crippen LogP contribution in [0.5, 0.6) is 0 Å². The fourth-order valence-electron chi connectivity index (χ4n) is 2.48. The molecule has 0 aliphatic rings. The Labute approximate surface area is 153 Å². The van der Waals surface area contributed by atoms with Crippen LogP contribution in [-0.2, 0) is 16.6 Å². The number of hydrogen-bond acceptors (Lipinski definition) is 4. The Balaban J connectivity index is 1.79. The zero-order valence-corrected chi connectivity index (χ0v) is 15.2. The summed E-state index contributed by atoms with van der Waals surface area (Å²) in [7, 11) is -3.64. The number of benzene rings is 2. The van der Waals surface area contributed by atoms with Crippen molar-refractivity contribution in [3.05, 3.63) is 89.1 Å². The Morgan fingerprint density at radius 1 is 1.04 bits per heavy atom. The van der Waals surface area contributed by atoms with Crippen LogP contribution in [0, 0.1) is 6.92 Å².